The van der Waals surface area contributed by atoms with Gasteiger partial charge in [0.1, 0.15) is 0 Å². The Hall–Kier alpha value is -0.160. The van der Waals surface area contributed by atoms with Crippen LogP contribution in [0, 0.1) is 28.1 Å². The Morgan fingerprint density at radius 1 is 0.625 bits per heavy atom. The Morgan fingerprint density at radius 3 is 1.31 bits per heavy atom. The van der Waals surface area contributed by atoms with Crippen LogP contribution in [0.3, 0.4) is 0 Å². The fourth-order valence-corrected chi connectivity index (χ4v) is 4.67. The molecular formula is C28H60O4. The molecule has 4 nitrogen and oxygen atoms in total. The summed E-state index contributed by atoms with van der Waals surface area (Å²) in [6.07, 6.45) is 5.53. The van der Waals surface area contributed by atoms with Crippen molar-refractivity contribution in [3.05, 3.63) is 0 Å². The summed E-state index contributed by atoms with van der Waals surface area (Å²) in [6.45, 7) is 25.1. The number of rotatable bonds is 14. The van der Waals surface area contributed by atoms with E-state index in [0.29, 0.717) is 5.92 Å². The lowest BCUT2D eigenvalue weighted by Gasteiger charge is -2.41. The lowest BCUT2D eigenvalue weighted by Crippen LogP contribution is -2.40. The van der Waals surface area contributed by atoms with Crippen LogP contribution in [-0.2, 0) is 18.9 Å². The van der Waals surface area contributed by atoms with Crippen molar-refractivity contribution in [2.24, 2.45) is 28.1 Å². The lowest BCUT2D eigenvalue weighted by molar-refractivity contribution is -0.0822. The molecule has 0 saturated heterocycles. The van der Waals surface area contributed by atoms with Gasteiger partial charge in [0, 0.05) is 40.5 Å². The Kier molecular flexibility index (Phi) is 16.7. The summed E-state index contributed by atoms with van der Waals surface area (Å²) in [5.74, 6) is 1.34. The van der Waals surface area contributed by atoms with Gasteiger partial charge >= 0.3 is 0 Å². The molecule has 0 radical (unpaired) electrons. The molecule has 0 aliphatic rings. The third-order valence-corrected chi connectivity index (χ3v) is 6.21. The van der Waals surface area contributed by atoms with Gasteiger partial charge in [0.15, 0.2) is 0 Å². The third kappa shape index (κ3) is 15.6. The molecule has 0 fully saturated rings. The molecule has 0 aromatic heterocycles. The minimum atomic E-state index is -0.0630. The normalized spacial score (nSPS) is 13.5. The van der Waals surface area contributed by atoms with Crippen molar-refractivity contribution in [1.29, 1.82) is 0 Å². The summed E-state index contributed by atoms with van der Waals surface area (Å²) in [7, 11) is 7.16. The molecule has 0 saturated carbocycles. The molecule has 196 valence electrons. The summed E-state index contributed by atoms with van der Waals surface area (Å²) < 4.78 is 21.9. The van der Waals surface area contributed by atoms with E-state index in [1.54, 1.807) is 21.3 Å². The smallest absolute Gasteiger partial charge is 0.0710 e. The van der Waals surface area contributed by atoms with E-state index >= 15 is 0 Å². The Balaban J connectivity index is 0. The maximum Gasteiger partial charge on any atom is 0.0710 e. The van der Waals surface area contributed by atoms with Crippen molar-refractivity contribution >= 4 is 0 Å². The topological polar surface area (TPSA) is 36.9 Å². The highest BCUT2D eigenvalue weighted by Gasteiger charge is 2.38. The average Bonchev–Trinajstić information content (AvgIpc) is 2.62. The first-order valence-corrected chi connectivity index (χ1v) is 12.5. The third-order valence-electron chi connectivity index (χ3n) is 6.21. The lowest BCUT2D eigenvalue weighted by atomic mass is 9.72. The Labute approximate surface area is 202 Å². The van der Waals surface area contributed by atoms with Gasteiger partial charge in [0.2, 0.25) is 0 Å². The first kappa shape index (κ1) is 34.0. The minimum absolute atomic E-state index is 0.0630. The van der Waals surface area contributed by atoms with Crippen LogP contribution in [0.1, 0.15) is 101 Å². The van der Waals surface area contributed by atoms with Crippen LogP contribution in [0.25, 0.3) is 0 Å². The molecule has 0 aliphatic heterocycles. The molecule has 32 heavy (non-hydrogen) atoms. The minimum Gasteiger partial charge on any atom is -0.385 e. The van der Waals surface area contributed by atoms with Crippen LogP contribution in [0.2, 0.25) is 0 Å². The predicted octanol–water partition coefficient (Wildman–Crippen LogP) is 7.64. The molecule has 0 bridgehead atoms. The highest BCUT2D eigenvalue weighted by Crippen LogP contribution is 2.40. The van der Waals surface area contributed by atoms with Crippen LogP contribution >= 0.6 is 0 Å². The molecule has 0 N–H and O–H groups in total. The van der Waals surface area contributed by atoms with Gasteiger partial charge in [-0.1, -0.05) is 75.7 Å². The summed E-state index contributed by atoms with van der Waals surface area (Å²) in [5, 5.41) is 0. The summed E-state index contributed by atoms with van der Waals surface area (Å²) in [6, 6.07) is 0. The second-order valence-corrected chi connectivity index (χ2v) is 12.9. The highest BCUT2D eigenvalue weighted by atomic mass is 16.5. The molecule has 0 aromatic carbocycles. The Morgan fingerprint density at radius 2 is 1.06 bits per heavy atom. The second-order valence-electron chi connectivity index (χ2n) is 12.9. The first-order chi connectivity index (χ1) is 14.5. The van der Waals surface area contributed by atoms with Gasteiger partial charge < -0.3 is 18.9 Å². The van der Waals surface area contributed by atoms with Crippen molar-refractivity contribution in [2.75, 3.05) is 48.3 Å². The van der Waals surface area contributed by atoms with E-state index in [9.17, 15) is 0 Å². The summed E-state index contributed by atoms with van der Waals surface area (Å²) in [5.41, 5.74) is 0.671. The van der Waals surface area contributed by atoms with Gasteiger partial charge in [-0.15, -0.1) is 0 Å². The van der Waals surface area contributed by atoms with Gasteiger partial charge in [0.25, 0.3) is 0 Å². The molecule has 0 unspecified atom stereocenters. The monoisotopic (exact) mass is 460 g/mol. The van der Waals surface area contributed by atoms with Gasteiger partial charge in [0.05, 0.1) is 18.8 Å². The van der Waals surface area contributed by atoms with Crippen LogP contribution in [0.15, 0.2) is 0 Å². The van der Waals surface area contributed by atoms with Gasteiger partial charge in [-0.05, 0) is 48.3 Å². The zero-order valence-electron chi connectivity index (χ0n) is 24.4. The fourth-order valence-electron chi connectivity index (χ4n) is 4.67. The SMILES string of the molecule is COCC(CCC(C)C)(COC)C(C)C.COCCC(CC(C)(C)C)(CC(C)(C)C)OC. The van der Waals surface area contributed by atoms with E-state index in [0.717, 1.165) is 45.0 Å². The maximum atomic E-state index is 5.91. The van der Waals surface area contributed by atoms with E-state index < -0.39 is 0 Å². The van der Waals surface area contributed by atoms with Crippen molar-refractivity contribution in [3.63, 3.8) is 0 Å². The molecular weight excluding hydrogens is 400 g/mol. The largest absolute Gasteiger partial charge is 0.385 e. The molecule has 0 atom stereocenters. The van der Waals surface area contributed by atoms with Gasteiger partial charge in [-0.2, -0.15) is 0 Å². The molecule has 4 heteroatoms. The standard InChI is InChI=1S/C15H32O2.C13H28O2/c1-13(2,3)11-15(17-8,9-10-16-7)12-14(4,5)6;1-11(2)7-8-13(9-14-5,10-15-6)12(3)4/h9-12H2,1-8H3;11-12H,7-10H2,1-6H3. The molecule has 0 amide bonds. The number of methoxy groups -OCH3 is 4. The Bertz CT molecular complexity index is 421. The van der Waals surface area contributed by atoms with E-state index in [4.69, 9.17) is 18.9 Å². The van der Waals surface area contributed by atoms with E-state index in [-0.39, 0.29) is 21.8 Å². The van der Waals surface area contributed by atoms with Crippen LogP contribution < -0.4 is 0 Å². The zero-order chi connectivity index (χ0) is 25.6. The van der Waals surface area contributed by atoms with Crippen molar-refractivity contribution in [2.45, 2.75) is 107 Å². The zero-order valence-corrected chi connectivity index (χ0v) is 24.4. The number of hydrogen-bond acceptors (Lipinski definition) is 4. The number of ether oxygens (including phenoxy) is 4. The molecule has 0 aromatic rings. The van der Waals surface area contributed by atoms with Crippen molar-refractivity contribution in [3.8, 4) is 0 Å². The van der Waals surface area contributed by atoms with E-state index in [1.807, 2.05) is 7.11 Å². The predicted molar refractivity (Wildman–Crippen MR) is 139 cm³/mol. The van der Waals surface area contributed by atoms with Crippen LogP contribution in [-0.4, -0.2) is 53.9 Å². The second kappa shape index (κ2) is 15.7. The van der Waals surface area contributed by atoms with E-state index in [1.165, 1.54) is 12.8 Å². The highest BCUT2D eigenvalue weighted by molar-refractivity contribution is 4.89. The van der Waals surface area contributed by atoms with Gasteiger partial charge in [-0.3, -0.25) is 0 Å². The fraction of sp³-hybridized carbons (Fsp3) is 1.00. The first-order valence-electron chi connectivity index (χ1n) is 12.5. The average molecular weight is 461 g/mol. The quantitative estimate of drug-likeness (QED) is 0.267. The molecule has 0 heterocycles. The van der Waals surface area contributed by atoms with Crippen molar-refractivity contribution in [1.82, 2.24) is 0 Å². The van der Waals surface area contributed by atoms with Gasteiger partial charge in [-0.25, -0.2) is 0 Å². The summed E-state index contributed by atoms with van der Waals surface area (Å²) in [4.78, 5) is 0. The molecule has 0 spiro atoms. The van der Waals surface area contributed by atoms with Crippen LogP contribution in [0.5, 0.6) is 0 Å². The van der Waals surface area contributed by atoms with Crippen LogP contribution in [0.4, 0.5) is 0 Å². The van der Waals surface area contributed by atoms with Crippen molar-refractivity contribution < 1.29 is 18.9 Å². The molecule has 0 aliphatic carbocycles. The molecule has 0 rings (SSSR count). The maximum absolute atomic E-state index is 5.91. The number of hydrogen-bond donors (Lipinski definition) is 0. The van der Waals surface area contributed by atoms with E-state index in [2.05, 4.69) is 69.2 Å². The summed E-state index contributed by atoms with van der Waals surface area (Å²) >= 11 is 0.